The van der Waals surface area contributed by atoms with E-state index in [0.29, 0.717) is 5.56 Å². The van der Waals surface area contributed by atoms with Gasteiger partial charge in [-0.1, -0.05) is 0 Å². The van der Waals surface area contributed by atoms with Crippen LogP contribution in [0.3, 0.4) is 0 Å². The highest BCUT2D eigenvalue weighted by atomic mass is 16.5. The lowest BCUT2D eigenvalue weighted by Crippen LogP contribution is -2.00. The Morgan fingerprint density at radius 1 is 1.33 bits per heavy atom. The Morgan fingerprint density at radius 2 is 2.07 bits per heavy atom. The predicted molar refractivity (Wildman–Crippen MR) is 57.0 cm³/mol. The van der Waals surface area contributed by atoms with Gasteiger partial charge in [0.1, 0.15) is 11.3 Å². The number of furan rings is 1. The van der Waals surface area contributed by atoms with E-state index in [1.54, 1.807) is 12.1 Å². The molecule has 0 aliphatic heterocycles. The summed E-state index contributed by atoms with van der Waals surface area (Å²) >= 11 is 0. The van der Waals surface area contributed by atoms with Crippen molar-refractivity contribution in [3.63, 3.8) is 0 Å². The fraction of sp³-hybridized carbons (Fsp3) is 0.250. The Labute approximate surface area is 87.6 Å². The quantitative estimate of drug-likeness (QED) is 0.670. The van der Waals surface area contributed by atoms with E-state index < -0.39 is 0 Å². The highest BCUT2D eigenvalue weighted by molar-refractivity contribution is 5.94. The van der Waals surface area contributed by atoms with Crippen LogP contribution in [-0.2, 0) is 4.74 Å². The zero-order valence-electron chi connectivity index (χ0n) is 8.96. The first-order chi connectivity index (χ1) is 7.13. The van der Waals surface area contributed by atoms with Gasteiger partial charge in [0, 0.05) is 5.39 Å². The van der Waals surface area contributed by atoms with E-state index in [2.05, 4.69) is 4.74 Å². The van der Waals surface area contributed by atoms with E-state index >= 15 is 0 Å². The predicted octanol–water partition coefficient (Wildman–Crippen LogP) is 2.84. The molecule has 3 heteroatoms. The van der Waals surface area contributed by atoms with Crippen LogP contribution in [0.5, 0.6) is 0 Å². The van der Waals surface area contributed by atoms with Gasteiger partial charge < -0.3 is 9.15 Å². The van der Waals surface area contributed by atoms with E-state index in [9.17, 15) is 4.79 Å². The summed E-state index contributed by atoms with van der Waals surface area (Å²) in [5.74, 6) is 0.538. The van der Waals surface area contributed by atoms with Crippen LogP contribution in [0.4, 0.5) is 0 Å². The first-order valence-corrected chi connectivity index (χ1v) is 4.71. The first-order valence-electron chi connectivity index (χ1n) is 4.71. The van der Waals surface area contributed by atoms with Crippen LogP contribution in [0.1, 0.15) is 21.7 Å². The molecule has 0 saturated heterocycles. The summed E-state index contributed by atoms with van der Waals surface area (Å²) in [6, 6.07) is 5.34. The number of carbonyl (C=O) groups is 1. The smallest absolute Gasteiger partial charge is 0.337 e. The molecule has 1 aromatic heterocycles. The highest BCUT2D eigenvalue weighted by Crippen LogP contribution is 2.25. The van der Waals surface area contributed by atoms with Gasteiger partial charge in [0.25, 0.3) is 0 Å². The van der Waals surface area contributed by atoms with Crippen molar-refractivity contribution in [3.8, 4) is 0 Å². The van der Waals surface area contributed by atoms with Crippen molar-refractivity contribution in [1.82, 2.24) is 0 Å². The van der Waals surface area contributed by atoms with Crippen LogP contribution in [0, 0.1) is 13.8 Å². The zero-order valence-corrected chi connectivity index (χ0v) is 8.96. The molecule has 15 heavy (non-hydrogen) atoms. The largest absolute Gasteiger partial charge is 0.465 e. The third-order valence-corrected chi connectivity index (χ3v) is 2.60. The van der Waals surface area contributed by atoms with Crippen molar-refractivity contribution < 1.29 is 13.9 Å². The van der Waals surface area contributed by atoms with Crippen molar-refractivity contribution in [2.45, 2.75) is 13.8 Å². The second-order valence-electron chi connectivity index (χ2n) is 3.49. The van der Waals surface area contributed by atoms with E-state index in [1.165, 1.54) is 7.11 Å². The van der Waals surface area contributed by atoms with Crippen LogP contribution in [0.25, 0.3) is 11.0 Å². The molecule has 1 heterocycles. The van der Waals surface area contributed by atoms with Crippen LogP contribution >= 0.6 is 0 Å². The first kappa shape index (κ1) is 9.77. The molecule has 0 saturated carbocycles. The summed E-state index contributed by atoms with van der Waals surface area (Å²) in [6.45, 7) is 3.91. The molecule has 0 amide bonds. The lowest BCUT2D eigenvalue weighted by molar-refractivity contribution is 0.0601. The van der Waals surface area contributed by atoms with E-state index in [4.69, 9.17) is 4.42 Å². The van der Waals surface area contributed by atoms with Gasteiger partial charge in [-0.3, -0.25) is 0 Å². The van der Waals surface area contributed by atoms with Crippen molar-refractivity contribution in [2.75, 3.05) is 7.11 Å². The maximum Gasteiger partial charge on any atom is 0.337 e. The molecule has 2 aromatic rings. The topological polar surface area (TPSA) is 39.4 Å². The number of aryl methyl sites for hydroxylation is 2. The molecule has 0 aliphatic rings. The second kappa shape index (κ2) is 3.42. The normalized spacial score (nSPS) is 10.6. The third-order valence-electron chi connectivity index (χ3n) is 2.60. The molecule has 0 N–H and O–H groups in total. The Hall–Kier alpha value is -1.77. The molecule has 0 bridgehead atoms. The molecule has 78 valence electrons. The number of ether oxygens (including phenoxy) is 1. The fourth-order valence-corrected chi connectivity index (χ4v) is 1.59. The van der Waals surface area contributed by atoms with Crippen LogP contribution in [-0.4, -0.2) is 13.1 Å². The number of benzene rings is 1. The maximum absolute atomic E-state index is 11.3. The number of carbonyl (C=O) groups excluding carboxylic acids is 1. The average Bonchev–Trinajstić information content (AvgIpc) is 2.53. The SMILES string of the molecule is COC(=O)c1ccc2c(C)c(C)oc2c1. The van der Waals surface area contributed by atoms with Gasteiger partial charge in [-0.05, 0) is 37.6 Å². The van der Waals surface area contributed by atoms with Crippen LogP contribution < -0.4 is 0 Å². The van der Waals surface area contributed by atoms with Crippen molar-refractivity contribution in [1.29, 1.82) is 0 Å². The highest BCUT2D eigenvalue weighted by Gasteiger charge is 2.10. The number of esters is 1. The zero-order chi connectivity index (χ0) is 11.0. The molecule has 1 aromatic carbocycles. The number of rotatable bonds is 1. The van der Waals surface area contributed by atoms with E-state index in [1.807, 2.05) is 19.9 Å². The van der Waals surface area contributed by atoms with Gasteiger partial charge in [-0.25, -0.2) is 4.79 Å². The van der Waals surface area contributed by atoms with E-state index in [0.717, 1.165) is 22.3 Å². The summed E-state index contributed by atoms with van der Waals surface area (Å²) in [4.78, 5) is 11.3. The minimum absolute atomic E-state index is 0.344. The van der Waals surface area contributed by atoms with Crippen molar-refractivity contribution >= 4 is 16.9 Å². The molecular formula is C12H12O3. The summed E-state index contributed by atoms with van der Waals surface area (Å²) in [6.07, 6.45) is 0. The number of hydrogen-bond donors (Lipinski definition) is 0. The Bertz CT molecular complexity index is 523. The summed E-state index contributed by atoms with van der Waals surface area (Å²) in [5.41, 5.74) is 2.35. The molecule has 0 unspecified atom stereocenters. The molecule has 3 nitrogen and oxygen atoms in total. The minimum Gasteiger partial charge on any atom is -0.465 e. The monoisotopic (exact) mass is 204 g/mol. The Morgan fingerprint density at radius 3 is 2.73 bits per heavy atom. The molecule has 0 atom stereocenters. The van der Waals surface area contributed by atoms with Gasteiger partial charge in [-0.2, -0.15) is 0 Å². The average molecular weight is 204 g/mol. The van der Waals surface area contributed by atoms with Crippen LogP contribution in [0.2, 0.25) is 0 Å². The minimum atomic E-state index is -0.344. The maximum atomic E-state index is 11.3. The van der Waals surface area contributed by atoms with Gasteiger partial charge in [0.2, 0.25) is 0 Å². The third kappa shape index (κ3) is 1.50. The van der Waals surface area contributed by atoms with Gasteiger partial charge >= 0.3 is 5.97 Å². The van der Waals surface area contributed by atoms with Gasteiger partial charge in [0.05, 0.1) is 12.7 Å². The molecule has 0 aliphatic carbocycles. The van der Waals surface area contributed by atoms with Crippen LogP contribution in [0.15, 0.2) is 22.6 Å². The number of methoxy groups -OCH3 is 1. The Balaban J connectivity index is 2.62. The van der Waals surface area contributed by atoms with Crippen molar-refractivity contribution in [3.05, 3.63) is 35.1 Å². The van der Waals surface area contributed by atoms with Gasteiger partial charge in [0.15, 0.2) is 0 Å². The number of fused-ring (bicyclic) bond motifs is 1. The Kier molecular flexibility index (Phi) is 2.23. The fourth-order valence-electron chi connectivity index (χ4n) is 1.59. The molecule has 0 spiro atoms. The lowest BCUT2D eigenvalue weighted by atomic mass is 10.1. The summed E-state index contributed by atoms with van der Waals surface area (Å²) in [5, 5.41) is 1.04. The molecule has 0 radical (unpaired) electrons. The second-order valence-corrected chi connectivity index (χ2v) is 3.49. The molecular weight excluding hydrogens is 192 g/mol. The molecule has 0 fully saturated rings. The summed E-state index contributed by atoms with van der Waals surface area (Å²) < 4.78 is 10.2. The van der Waals surface area contributed by atoms with E-state index in [-0.39, 0.29) is 5.97 Å². The lowest BCUT2D eigenvalue weighted by Gasteiger charge is -1.97. The standard InChI is InChI=1S/C12H12O3/c1-7-8(2)15-11-6-9(12(13)14-3)4-5-10(7)11/h4-6H,1-3H3. The van der Waals surface area contributed by atoms with Crippen molar-refractivity contribution in [2.24, 2.45) is 0 Å². The number of hydrogen-bond acceptors (Lipinski definition) is 3. The summed E-state index contributed by atoms with van der Waals surface area (Å²) in [7, 11) is 1.37. The molecule has 2 rings (SSSR count). The van der Waals surface area contributed by atoms with Gasteiger partial charge in [-0.15, -0.1) is 0 Å².